The van der Waals surface area contributed by atoms with Crippen LogP contribution in [0, 0.1) is 13.8 Å². The second-order valence-corrected chi connectivity index (χ2v) is 3.76. The summed E-state index contributed by atoms with van der Waals surface area (Å²) in [6.07, 6.45) is 1.67. The standard InChI is InChI=1S/C12H14N2O/c1-8-3-9(2)5-10(4-8)12-11(6-13)7-14-15-12/h3-5,7H,6,13H2,1-2H3. The molecule has 0 aliphatic rings. The first-order valence-electron chi connectivity index (χ1n) is 4.93. The van der Waals surface area contributed by atoms with Crippen molar-refractivity contribution in [2.45, 2.75) is 20.4 Å². The molecule has 0 atom stereocenters. The van der Waals surface area contributed by atoms with Crippen molar-refractivity contribution in [3.05, 3.63) is 41.1 Å². The Morgan fingerprint density at radius 2 is 1.87 bits per heavy atom. The highest BCUT2D eigenvalue weighted by atomic mass is 16.5. The first-order valence-corrected chi connectivity index (χ1v) is 4.93. The molecular weight excluding hydrogens is 188 g/mol. The molecule has 1 aromatic heterocycles. The Labute approximate surface area is 88.9 Å². The van der Waals surface area contributed by atoms with E-state index in [4.69, 9.17) is 10.3 Å². The van der Waals surface area contributed by atoms with Gasteiger partial charge in [0.2, 0.25) is 0 Å². The number of nitrogens with two attached hydrogens (primary N) is 1. The topological polar surface area (TPSA) is 52.0 Å². The van der Waals surface area contributed by atoms with Crippen molar-refractivity contribution >= 4 is 0 Å². The van der Waals surface area contributed by atoms with Gasteiger partial charge in [0.05, 0.1) is 6.20 Å². The molecule has 0 aliphatic heterocycles. The molecule has 0 amide bonds. The van der Waals surface area contributed by atoms with Gasteiger partial charge in [-0.1, -0.05) is 22.3 Å². The lowest BCUT2D eigenvalue weighted by Gasteiger charge is -2.02. The Morgan fingerprint density at radius 1 is 1.20 bits per heavy atom. The fraction of sp³-hybridized carbons (Fsp3) is 0.250. The largest absolute Gasteiger partial charge is 0.356 e. The van der Waals surface area contributed by atoms with Crippen LogP contribution in [0.25, 0.3) is 11.3 Å². The first kappa shape index (κ1) is 9.93. The zero-order valence-corrected chi connectivity index (χ0v) is 8.95. The summed E-state index contributed by atoms with van der Waals surface area (Å²) in [4.78, 5) is 0. The SMILES string of the molecule is Cc1cc(C)cc(-c2oncc2CN)c1. The summed E-state index contributed by atoms with van der Waals surface area (Å²) in [7, 11) is 0. The minimum Gasteiger partial charge on any atom is -0.356 e. The lowest BCUT2D eigenvalue weighted by Crippen LogP contribution is -1.96. The third kappa shape index (κ3) is 1.92. The van der Waals surface area contributed by atoms with Gasteiger partial charge in [0.25, 0.3) is 0 Å². The number of hydrogen-bond acceptors (Lipinski definition) is 3. The van der Waals surface area contributed by atoms with Crippen LogP contribution in [0.4, 0.5) is 0 Å². The minimum absolute atomic E-state index is 0.450. The van der Waals surface area contributed by atoms with Gasteiger partial charge in [0.1, 0.15) is 0 Å². The van der Waals surface area contributed by atoms with Gasteiger partial charge in [-0.15, -0.1) is 0 Å². The van der Waals surface area contributed by atoms with Gasteiger partial charge < -0.3 is 10.3 Å². The van der Waals surface area contributed by atoms with Crippen LogP contribution in [-0.4, -0.2) is 5.16 Å². The molecule has 0 unspecified atom stereocenters. The number of aromatic nitrogens is 1. The summed E-state index contributed by atoms with van der Waals surface area (Å²) < 4.78 is 5.22. The molecule has 0 saturated carbocycles. The smallest absolute Gasteiger partial charge is 0.171 e. The minimum atomic E-state index is 0.450. The van der Waals surface area contributed by atoms with Gasteiger partial charge in [0, 0.05) is 17.7 Å². The Balaban J connectivity index is 2.53. The average Bonchev–Trinajstić information content (AvgIpc) is 2.63. The Hall–Kier alpha value is -1.61. The monoisotopic (exact) mass is 202 g/mol. The maximum absolute atomic E-state index is 5.61. The third-order valence-corrected chi connectivity index (χ3v) is 2.35. The van der Waals surface area contributed by atoms with Crippen LogP contribution in [0.2, 0.25) is 0 Å². The molecule has 0 fully saturated rings. The predicted octanol–water partition coefficient (Wildman–Crippen LogP) is 2.42. The molecule has 0 aliphatic carbocycles. The zero-order valence-electron chi connectivity index (χ0n) is 8.95. The van der Waals surface area contributed by atoms with Crippen LogP contribution in [0.15, 0.2) is 28.9 Å². The van der Waals surface area contributed by atoms with E-state index in [2.05, 4.69) is 37.2 Å². The molecule has 3 heteroatoms. The van der Waals surface area contributed by atoms with E-state index in [0.717, 1.165) is 16.9 Å². The molecule has 2 rings (SSSR count). The molecule has 1 aromatic carbocycles. The van der Waals surface area contributed by atoms with E-state index < -0.39 is 0 Å². The number of aryl methyl sites for hydroxylation is 2. The molecule has 2 N–H and O–H groups in total. The van der Waals surface area contributed by atoms with Gasteiger partial charge in [-0.05, 0) is 26.0 Å². The van der Waals surface area contributed by atoms with E-state index in [9.17, 15) is 0 Å². The quantitative estimate of drug-likeness (QED) is 0.813. The van der Waals surface area contributed by atoms with E-state index >= 15 is 0 Å². The van der Waals surface area contributed by atoms with Crippen molar-refractivity contribution in [3.8, 4) is 11.3 Å². The predicted molar refractivity (Wildman–Crippen MR) is 59.3 cm³/mol. The lowest BCUT2D eigenvalue weighted by molar-refractivity contribution is 0.431. The first-order chi connectivity index (χ1) is 7.20. The van der Waals surface area contributed by atoms with Crippen molar-refractivity contribution in [2.24, 2.45) is 5.73 Å². The summed E-state index contributed by atoms with van der Waals surface area (Å²) in [5.74, 6) is 0.782. The molecule has 0 radical (unpaired) electrons. The molecule has 0 saturated heterocycles. The van der Waals surface area contributed by atoms with Gasteiger partial charge in [-0.2, -0.15) is 0 Å². The van der Waals surface area contributed by atoms with Crippen molar-refractivity contribution in [2.75, 3.05) is 0 Å². The van der Waals surface area contributed by atoms with E-state index in [1.54, 1.807) is 6.20 Å². The Morgan fingerprint density at radius 3 is 2.47 bits per heavy atom. The van der Waals surface area contributed by atoms with Gasteiger partial charge in [-0.25, -0.2) is 0 Å². The maximum atomic E-state index is 5.61. The van der Waals surface area contributed by atoms with Crippen molar-refractivity contribution < 1.29 is 4.52 Å². The van der Waals surface area contributed by atoms with Crippen LogP contribution in [-0.2, 0) is 6.54 Å². The summed E-state index contributed by atoms with van der Waals surface area (Å²) >= 11 is 0. The van der Waals surface area contributed by atoms with Gasteiger partial charge in [0.15, 0.2) is 5.76 Å². The fourth-order valence-electron chi connectivity index (χ4n) is 1.75. The van der Waals surface area contributed by atoms with Crippen LogP contribution >= 0.6 is 0 Å². The third-order valence-electron chi connectivity index (χ3n) is 2.35. The van der Waals surface area contributed by atoms with Crippen LogP contribution in [0.1, 0.15) is 16.7 Å². The number of hydrogen-bond donors (Lipinski definition) is 1. The normalized spacial score (nSPS) is 10.6. The average molecular weight is 202 g/mol. The Kier molecular flexibility index (Phi) is 2.56. The summed E-state index contributed by atoms with van der Waals surface area (Å²) in [6, 6.07) is 6.28. The van der Waals surface area contributed by atoms with Crippen molar-refractivity contribution in [1.29, 1.82) is 0 Å². The van der Waals surface area contributed by atoms with E-state index in [1.165, 1.54) is 11.1 Å². The zero-order chi connectivity index (χ0) is 10.8. The number of rotatable bonds is 2. The summed E-state index contributed by atoms with van der Waals surface area (Å²) in [6.45, 7) is 4.58. The highest BCUT2D eigenvalue weighted by Crippen LogP contribution is 2.25. The van der Waals surface area contributed by atoms with E-state index in [0.29, 0.717) is 6.54 Å². The molecule has 1 heterocycles. The van der Waals surface area contributed by atoms with Gasteiger partial charge >= 0.3 is 0 Å². The van der Waals surface area contributed by atoms with Crippen molar-refractivity contribution in [3.63, 3.8) is 0 Å². The molecule has 78 valence electrons. The summed E-state index contributed by atoms with van der Waals surface area (Å²) in [5, 5.41) is 3.77. The van der Waals surface area contributed by atoms with Crippen LogP contribution in [0.5, 0.6) is 0 Å². The molecule has 0 spiro atoms. The second-order valence-electron chi connectivity index (χ2n) is 3.76. The molecule has 2 aromatic rings. The van der Waals surface area contributed by atoms with Gasteiger partial charge in [-0.3, -0.25) is 0 Å². The second kappa shape index (κ2) is 3.87. The van der Waals surface area contributed by atoms with E-state index in [1.807, 2.05) is 0 Å². The number of benzene rings is 1. The van der Waals surface area contributed by atoms with E-state index in [-0.39, 0.29) is 0 Å². The van der Waals surface area contributed by atoms with Crippen molar-refractivity contribution in [1.82, 2.24) is 5.16 Å². The number of nitrogens with zero attached hydrogens (tertiary/aromatic N) is 1. The lowest BCUT2D eigenvalue weighted by atomic mass is 10.0. The molecule has 0 bridgehead atoms. The Bertz CT molecular complexity index is 454. The maximum Gasteiger partial charge on any atom is 0.171 e. The molecule has 15 heavy (non-hydrogen) atoms. The summed E-state index contributed by atoms with van der Waals surface area (Å²) in [5.41, 5.74) is 10.0. The highest BCUT2D eigenvalue weighted by Gasteiger charge is 2.09. The highest BCUT2D eigenvalue weighted by molar-refractivity contribution is 5.62. The fourth-order valence-corrected chi connectivity index (χ4v) is 1.75. The molecule has 3 nitrogen and oxygen atoms in total. The molecular formula is C12H14N2O. The van der Waals surface area contributed by atoms with Crippen LogP contribution < -0.4 is 5.73 Å². The van der Waals surface area contributed by atoms with Crippen LogP contribution in [0.3, 0.4) is 0 Å².